The summed E-state index contributed by atoms with van der Waals surface area (Å²) in [7, 11) is 0. The van der Waals surface area contributed by atoms with E-state index in [0.717, 1.165) is 30.5 Å². The van der Waals surface area contributed by atoms with Gasteiger partial charge in [0.1, 0.15) is 5.78 Å². The van der Waals surface area contributed by atoms with Gasteiger partial charge in [-0.25, -0.2) is 0 Å². The summed E-state index contributed by atoms with van der Waals surface area (Å²) < 4.78 is 0. The number of hydrogen-bond donors (Lipinski definition) is 0. The first-order chi connectivity index (χ1) is 12.8. The van der Waals surface area contributed by atoms with Gasteiger partial charge in [0.2, 0.25) is 0 Å². The molecule has 0 radical (unpaired) electrons. The van der Waals surface area contributed by atoms with Crippen LogP contribution in [0.2, 0.25) is 0 Å². The van der Waals surface area contributed by atoms with Gasteiger partial charge in [0.05, 0.1) is 5.41 Å². The van der Waals surface area contributed by atoms with Crippen molar-refractivity contribution in [1.82, 2.24) is 4.90 Å². The van der Waals surface area contributed by atoms with Crippen molar-refractivity contribution in [2.24, 2.45) is 0 Å². The van der Waals surface area contributed by atoms with Crippen molar-refractivity contribution in [2.75, 3.05) is 19.6 Å². The topological polar surface area (TPSA) is 20.3 Å². The van der Waals surface area contributed by atoms with Crippen LogP contribution in [-0.4, -0.2) is 30.3 Å². The molecule has 3 rings (SSSR count). The number of rotatable bonds is 8. The quantitative estimate of drug-likeness (QED) is 0.528. The third kappa shape index (κ3) is 5.08. The fourth-order valence-corrected chi connectivity index (χ4v) is 4.31. The van der Waals surface area contributed by atoms with Gasteiger partial charge >= 0.3 is 0 Å². The smallest absolute Gasteiger partial charge is 0.147 e. The standard InChI is InChI=1S/C24H31NO.BrH/c1-2-12-23(26)24(21-13-6-3-7-14-21,22-15-8-4-9-16-22)17-20-25-18-10-5-11-19-25;/h3-4,6-9,13-16H,2,5,10-12,17-20H2,1H3;1H. The van der Waals surface area contributed by atoms with E-state index in [-0.39, 0.29) is 17.0 Å². The Hall–Kier alpha value is -1.45. The number of hydrogen-bond acceptors (Lipinski definition) is 2. The molecule has 1 heterocycles. The second kappa shape index (κ2) is 10.8. The van der Waals surface area contributed by atoms with E-state index in [1.165, 1.54) is 32.4 Å². The summed E-state index contributed by atoms with van der Waals surface area (Å²) in [5.74, 6) is 0.356. The molecule has 0 aromatic heterocycles. The van der Waals surface area contributed by atoms with Gasteiger partial charge in [-0.1, -0.05) is 74.0 Å². The first kappa shape index (κ1) is 21.8. The molecule has 0 N–H and O–H groups in total. The van der Waals surface area contributed by atoms with E-state index in [4.69, 9.17) is 0 Å². The number of likely N-dealkylation sites (tertiary alicyclic amines) is 1. The molecular weight excluding hydrogens is 398 g/mol. The maximum absolute atomic E-state index is 13.5. The van der Waals surface area contributed by atoms with Gasteiger partial charge in [-0.15, -0.1) is 17.0 Å². The Bertz CT molecular complexity index is 641. The lowest BCUT2D eigenvalue weighted by atomic mass is 9.68. The van der Waals surface area contributed by atoms with Crippen LogP contribution in [0.4, 0.5) is 0 Å². The molecule has 27 heavy (non-hydrogen) atoms. The van der Waals surface area contributed by atoms with Gasteiger partial charge in [0.15, 0.2) is 0 Å². The first-order valence-corrected chi connectivity index (χ1v) is 10.1. The molecule has 0 amide bonds. The molecule has 3 heteroatoms. The minimum Gasteiger partial charge on any atom is -0.303 e. The fourth-order valence-electron chi connectivity index (χ4n) is 4.31. The van der Waals surface area contributed by atoms with Gasteiger partial charge in [-0.3, -0.25) is 4.79 Å². The normalized spacial score (nSPS) is 15.1. The van der Waals surface area contributed by atoms with Crippen LogP contribution in [0.25, 0.3) is 0 Å². The Morgan fingerprint density at radius 3 is 1.89 bits per heavy atom. The molecular formula is C24H32BrNO. The summed E-state index contributed by atoms with van der Waals surface area (Å²) in [4.78, 5) is 16.1. The summed E-state index contributed by atoms with van der Waals surface area (Å²) >= 11 is 0. The number of Topliss-reactive ketones (excluding diaryl/α,β-unsaturated/α-hetero) is 1. The maximum Gasteiger partial charge on any atom is 0.147 e. The minimum absolute atomic E-state index is 0. The number of benzene rings is 2. The van der Waals surface area contributed by atoms with Crippen LogP contribution in [0, 0.1) is 0 Å². The highest BCUT2D eigenvalue weighted by Gasteiger charge is 2.40. The molecule has 2 aromatic carbocycles. The molecule has 0 unspecified atom stereocenters. The average molecular weight is 430 g/mol. The van der Waals surface area contributed by atoms with E-state index < -0.39 is 5.41 Å². The molecule has 0 saturated carbocycles. The van der Waals surface area contributed by atoms with E-state index in [2.05, 4.69) is 60.4 Å². The molecule has 2 aromatic rings. The number of carbonyl (C=O) groups is 1. The summed E-state index contributed by atoms with van der Waals surface area (Å²) in [6.07, 6.45) is 6.29. The SMILES string of the molecule is Br.CCCC(=O)C(CCN1CCCCC1)(c1ccccc1)c1ccccc1. The molecule has 2 nitrogen and oxygen atoms in total. The monoisotopic (exact) mass is 429 g/mol. The van der Waals surface area contributed by atoms with Crippen molar-refractivity contribution in [3.05, 3.63) is 71.8 Å². The van der Waals surface area contributed by atoms with E-state index in [9.17, 15) is 4.79 Å². The van der Waals surface area contributed by atoms with E-state index >= 15 is 0 Å². The van der Waals surface area contributed by atoms with Crippen LogP contribution >= 0.6 is 17.0 Å². The number of carbonyl (C=O) groups excluding carboxylic acids is 1. The predicted octanol–water partition coefficient (Wildman–Crippen LogP) is 5.80. The second-order valence-corrected chi connectivity index (χ2v) is 7.46. The average Bonchev–Trinajstić information content (AvgIpc) is 2.71. The zero-order valence-corrected chi connectivity index (χ0v) is 18.1. The van der Waals surface area contributed by atoms with Crippen molar-refractivity contribution in [3.8, 4) is 0 Å². The van der Waals surface area contributed by atoms with Crippen LogP contribution in [0.15, 0.2) is 60.7 Å². The van der Waals surface area contributed by atoms with Gasteiger partial charge in [-0.2, -0.15) is 0 Å². The molecule has 1 aliphatic heterocycles. The fraction of sp³-hybridized carbons (Fsp3) is 0.458. The summed E-state index contributed by atoms with van der Waals surface area (Å²) in [6, 6.07) is 20.9. The van der Waals surface area contributed by atoms with Crippen LogP contribution in [-0.2, 0) is 10.2 Å². The second-order valence-electron chi connectivity index (χ2n) is 7.46. The number of halogens is 1. The molecule has 146 valence electrons. The summed E-state index contributed by atoms with van der Waals surface area (Å²) in [5, 5.41) is 0. The van der Waals surface area contributed by atoms with Crippen molar-refractivity contribution < 1.29 is 4.79 Å². The Morgan fingerprint density at radius 1 is 0.889 bits per heavy atom. The molecule has 0 bridgehead atoms. The maximum atomic E-state index is 13.5. The molecule has 0 spiro atoms. The number of piperidine rings is 1. The summed E-state index contributed by atoms with van der Waals surface area (Å²) in [6.45, 7) is 5.42. The lowest BCUT2D eigenvalue weighted by Gasteiger charge is -2.37. The molecule has 1 fully saturated rings. The van der Waals surface area contributed by atoms with Crippen molar-refractivity contribution in [3.63, 3.8) is 0 Å². The van der Waals surface area contributed by atoms with Crippen molar-refractivity contribution in [2.45, 2.75) is 50.9 Å². The van der Waals surface area contributed by atoms with E-state index in [0.29, 0.717) is 12.2 Å². The van der Waals surface area contributed by atoms with Gasteiger partial charge in [0.25, 0.3) is 0 Å². The van der Waals surface area contributed by atoms with Crippen LogP contribution in [0.3, 0.4) is 0 Å². The number of nitrogens with zero attached hydrogens (tertiary/aromatic N) is 1. The highest BCUT2D eigenvalue weighted by atomic mass is 79.9. The van der Waals surface area contributed by atoms with E-state index in [1.54, 1.807) is 0 Å². The van der Waals surface area contributed by atoms with E-state index in [1.807, 2.05) is 12.1 Å². The predicted molar refractivity (Wildman–Crippen MR) is 119 cm³/mol. The van der Waals surface area contributed by atoms with Gasteiger partial charge in [-0.05, 0) is 56.4 Å². The Kier molecular flexibility index (Phi) is 8.72. The molecule has 1 saturated heterocycles. The third-order valence-corrected chi connectivity index (χ3v) is 5.74. The lowest BCUT2D eigenvalue weighted by Crippen LogP contribution is -2.42. The van der Waals surface area contributed by atoms with Crippen molar-refractivity contribution >= 4 is 22.8 Å². The third-order valence-electron chi connectivity index (χ3n) is 5.74. The highest BCUT2D eigenvalue weighted by molar-refractivity contribution is 8.93. The van der Waals surface area contributed by atoms with Crippen LogP contribution < -0.4 is 0 Å². The Labute approximate surface area is 174 Å². The number of ketones is 1. The van der Waals surface area contributed by atoms with Gasteiger partial charge < -0.3 is 4.90 Å². The lowest BCUT2D eigenvalue weighted by molar-refractivity contribution is -0.123. The largest absolute Gasteiger partial charge is 0.303 e. The van der Waals surface area contributed by atoms with Gasteiger partial charge in [0, 0.05) is 6.42 Å². The Morgan fingerprint density at radius 2 is 1.41 bits per heavy atom. The zero-order chi connectivity index (χ0) is 18.2. The molecule has 0 aliphatic carbocycles. The summed E-state index contributed by atoms with van der Waals surface area (Å²) in [5.41, 5.74) is 1.75. The van der Waals surface area contributed by atoms with Crippen molar-refractivity contribution in [1.29, 1.82) is 0 Å². The first-order valence-electron chi connectivity index (χ1n) is 10.1. The minimum atomic E-state index is -0.532. The van der Waals surface area contributed by atoms with Crippen LogP contribution in [0.1, 0.15) is 56.6 Å². The van der Waals surface area contributed by atoms with Crippen LogP contribution in [0.5, 0.6) is 0 Å². The highest BCUT2D eigenvalue weighted by Crippen LogP contribution is 2.38. The molecule has 1 aliphatic rings. The zero-order valence-electron chi connectivity index (χ0n) is 16.4. The Balaban J connectivity index is 0.00000261. The molecule has 0 atom stereocenters.